The summed E-state index contributed by atoms with van der Waals surface area (Å²) in [7, 11) is 1.60. The quantitative estimate of drug-likeness (QED) is 0.667. The number of methoxy groups -OCH3 is 1. The second kappa shape index (κ2) is 3.34. The summed E-state index contributed by atoms with van der Waals surface area (Å²) in [5.41, 5.74) is 1.59. The predicted octanol–water partition coefficient (Wildman–Crippen LogP) is 1.32. The zero-order valence-electron chi connectivity index (χ0n) is 7.64. The Bertz CT molecular complexity index is 497. The molecule has 1 heterocycles. The van der Waals surface area contributed by atoms with Gasteiger partial charge in [-0.2, -0.15) is 4.68 Å². The maximum atomic E-state index is 6.74. The second-order valence-electron chi connectivity index (χ2n) is 2.74. The lowest BCUT2D eigenvalue weighted by molar-refractivity contribution is 0.415. The molecule has 14 heavy (non-hydrogen) atoms. The number of benzene rings is 1. The van der Waals surface area contributed by atoms with Gasteiger partial charge in [-0.15, -0.1) is 5.10 Å². The van der Waals surface area contributed by atoms with Gasteiger partial charge >= 0.3 is 6.67 Å². The molecule has 0 atom stereocenters. The van der Waals surface area contributed by atoms with E-state index in [1.807, 2.05) is 12.1 Å². The smallest absolute Gasteiger partial charge is 0.309 e. The van der Waals surface area contributed by atoms with Crippen LogP contribution in [-0.4, -0.2) is 22.1 Å². The highest BCUT2D eigenvalue weighted by Gasteiger charge is 2.05. The molecule has 0 aliphatic rings. The Hall–Kier alpha value is -2.09. The van der Waals surface area contributed by atoms with Crippen molar-refractivity contribution in [2.24, 2.45) is 0 Å². The van der Waals surface area contributed by atoms with Gasteiger partial charge in [-0.1, -0.05) is 5.21 Å². The lowest BCUT2D eigenvalue weighted by Crippen LogP contribution is -1.95. The minimum Gasteiger partial charge on any atom is -0.497 e. The van der Waals surface area contributed by atoms with E-state index >= 15 is 0 Å². The molecule has 0 fully saturated rings. The molecule has 2 rings (SSSR count). The van der Waals surface area contributed by atoms with Gasteiger partial charge < -0.3 is 4.74 Å². The molecular formula is C9H8N4O. The van der Waals surface area contributed by atoms with Crippen LogP contribution in [0.3, 0.4) is 0 Å². The van der Waals surface area contributed by atoms with E-state index in [1.165, 1.54) is 0 Å². The summed E-state index contributed by atoms with van der Waals surface area (Å²) in [5.74, 6) is 0.743. The van der Waals surface area contributed by atoms with E-state index in [4.69, 9.17) is 11.3 Å². The third kappa shape index (κ3) is 1.27. The van der Waals surface area contributed by atoms with Crippen molar-refractivity contribution < 1.29 is 4.74 Å². The van der Waals surface area contributed by atoms with Crippen LogP contribution in [0.1, 0.15) is 0 Å². The maximum absolute atomic E-state index is 6.74. The van der Waals surface area contributed by atoms with Gasteiger partial charge in [0.15, 0.2) is 0 Å². The molecule has 5 nitrogen and oxygen atoms in total. The van der Waals surface area contributed by atoms with Gasteiger partial charge in [0.2, 0.25) is 0 Å². The van der Waals surface area contributed by atoms with Gasteiger partial charge in [0.05, 0.1) is 12.6 Å². The number of hydrogen-bond donors (Lipinski definition) is 0. The number of nitrogens with zero attached hydrogens (tertiary/aromatic N) is 4. The van der Waals surface area contributed by atoms with Crippen molar-refractivity contribution >= 4 is 11.0 Å². The molecule has 1 aromatic heterocycles. The van der Waals surface area contributed by atoms with E-state index in [9.17, 15) is 0 Å². The molecule has 0 spiro atoms. The zero-order valence-corrected chi connectivity index (χ0v) is 7.64. The molecule has 0 saturated carbocycles. The van der Waals surface area contributed by atoms with E-state index in [-0.39, 0.29) is 6.67 Å². The van der Waals surface area contributed by atoms with Gasteiger partial charge in [0.1, 0.15) is 11.3 Å². The van der Waals surface area contributed by atoms with Gasteiger partial charge in [-0.25, -0.2) is 6.57 Å². The molecule has 70 valence electrons. The lowest BCUT2D eigenvalue weighted by atomic mass is 10.3. The SMILES string of the molecule is [C-]#[N+]Cn1nnc2cc(OC)ccc21. The average Bonchev–Trinajstić information content (AvgIpc) is 2.61. The fraction of sp³-hybridized carbons (Fsp3) is 0.222. The fourth-order valence-corrected chi connectivity index (χ4v) is 1.25. The number of aromatic nitrogens is 3. The van der Waals surface area contributed by atoms with E-state index in [2.05, 4.69) is 15.2 Å². The van der Waals surface area contributed by atoms with E-state index in [0.29, 0.717) is 0 Å². The number of hydrogen-bond acceptors (Lipinski definition) is 3. The average molecular weight is 188 g/mol. The summed E-state index contributed by atoms with van der Waals surface area (Å²) < 4.78 is 6.61. The Balaban J connectivity index is 2.55. The summed E-state index contributed by atoms with van der Waals surface area (Å²) in [6.07, 6.45) is 0. The molecule has 0 amide bonds. The Labute approximate surface area is 80.7 Å². The van der Waals surface area contributed by atoms with E-state index in [0.717, 1.165) is 16.8 Å². The summed E-state index contributed by atoms with van der Waals surface area (Å²) >= 11 is 0. The number of ether oxygens (including phenoxy) is 1. The highest BCUT2D eigenvalue weighted by Crippen LogP contribution is 2.18. The Morgan fingerprint density at radius 3 is 3.14 bits per heavy atom. The van der Waals surface area contributed by atoms with Crippen LogP contribution in [0.5, 0.6) is 5.75 Å². The molecule has 2 aromatic rings. The van der Waals surface area contributed by atoms with Gasteiger partial charge in [0.25, 0.3) is 0 Å². The Morgan fingerprint density at radius 1 is 1.57 bits per heavy atom. The van der Waals surface area contributed by atoms with Crippen LogP contribution >= 0.6 is 0 Å². The first-order valence-corrected chi connectivity index (χ1v) is 4.05. The van der Waals surface area contributed by atoms with Crippen molar-refractivity contribution in [1.82, 2.24) is 15.0 Å². The van der Waals surface area contributed by atoms with Crippen LogP contribution in [-0.2, 0) is 6.67 Å². The molecule has 0 unspecified atom stereocenters. The van der Waals surface area contributed by atoms with Gasteiger partial charge in [-0.05, 0) is 12.1 Å². The topological polar surface area (TPSA) is 44.3 Å². The largest absolute Gasteiger partial charge is 0.497 e. The molecule has 0 aliphatic carbocycles. The summed E-state index contributed by atoms with van der Waals surface area (Å²) in [6.45, 7) is 6.94. The third-order valence-electron chi connectivity index (χ3n) is 1.93. The third-order valence-corrected chi connectivity index (χ3v) is 1.93. The molecule has 0 N–H and O–H groups in total. The maximum Gasteiger partial charge on any atom is 0.309 e. The molecule has 0 aliphatic heterocycles. The van der Waals surface area contributed by atoms with Crippen molar-refractivity contribution in [1.29, 1.82) is 0 Å². The normalized spacial score (nSPS) is 10.0. The number of fused-ring (bicyclic) bond motifs is 1. The summed E-state index contributed by atoms with van der Waals surface area (Å²) in [5, 5.41) is 7.79. The van der Waals surface area contributed by atoms with E-state index in [1.54, 1.807) is 17.9 Å². The first kappa shape index (κ1) is 8.51. The molecule has 0 bridgehead atoms. The molecule has 0 saturated heterocycles. The minimum atomic E-state index is 0.197. The highest BCUT2D eigenvalue weighted by atomic mass is 16.5. The van der Waals surface area contributed by atoms with Gasteiger partial charge in [0, 0.05) is 6.07 Å². The van der Waals surface area contributed by atoms with Crippen molar-refractivity contribution in [3.63, 3.8) is 0 Å². The van der Waals surface area contributed by atoms with Crippen LogP contribution in [0.15, 0.2) is 18.2 Å². The first-order chi connectivity index (χ1) is 6.85. The Morgan fingerprint density at radius 2 is 2.43 bits per heavy atom. The first-order valence-electron chi connectivity index (χ1n) is 4.05. The van der Waals surface area contributed by atoms with Crippen LogP contribution in [0, 0.1) is 6.57 Å². The molecule has 5 heteroatoms. The summed E-state index contributed by atoms with van der Waals surface area (Å²) in [6, 6.07) is 5.47. The highest BCUT2D eigenvalue weighted by molar-refractivity contribution is 5.75. The van der Waals surface area contributed by atoms with Crippen LogP contribution in [0.2, 0.25) is 0 Å². The van der Waals surface area contributed by atoms with Crippen LogP contribution in [0.4, 0.5) is 0 Å². The predicted molar refractivity (Wildman–Crippen MR) is 50.7 cm³/mol. The number of rotatable bonds is 2. The van der Waals surface area contributed by atoms with Crippen molar-refractivity contribution in [2.45, 2.75) is 6.67 Å². The summed E-state index contributed by atoms with van der Waals surface area (Å²) in [4.78, 5) is 3.25. The second-order valence-corrected chi connectivity index (χ2v) is 2.74. The molecule has 1 aromatic carbocycles. The molecular weight excluding hydrogens is 180 g/mol. The monoisotopic (exact) mass is 188 g/mol. The van der Waals surface area contributed by atoms with Crippen molar-refractivity contribution in [2.75, 3.05) is 7.11 Å². The van der Waals surface area contributed by atoms with Crippen molar-refractivity contribution in [3.8, 4) is 5.75 Å². The lowest BCUT2D eigenvalue weighted by Gasteiger charge is -1.97. The van der Waals surface area contributed by atoms with Gasteiger partial charge in [-0.3, -0.25) is 4.85 Å². The van der Waals surface area contributed by atoms with Crippen molar-refractivity contribution in [3.05, 3.63) is 29.6 Å². The Kier molecular flexibility index (Phi) is 2.03. The fourth-order valence-electron chi connectivity index (χ4n) is 1.25. The van der Waals surface area contributed by atoms with Crippen LogP contribution in [0.25, 0.3) is 15.9 Å². The van der Waals surface area contributed by atoms with E-state index < -0.39 is 0 Å². The zero-order chi connectivity index (χ0) is 9.97. The standard InChI is InChI=1S/C9H8N4O/c1-10-6-13-9-4-3-7(14-2)5-8(9)11-12-13/h3-5H,6H2,2H3. The minimum absolute atomic E-state index is 0.197. The molecule has 0 radical (unpaired) electrons. The van der Waals surface area contributed by atoms with Crippen LogP contribution < -0.4 is 4.74 Å².